The molecule has 2 rings (SSSR count). The zero-order valence-electron chi connectivity index (χ0n) is 10.9. The number of likely N-dealkylation sites (N-methyl/N-ethyl adjacent to an activating group) is 1. The maximum atomic E-state index is 11.4. The number of nitrogens with one attached hydrogen (secondary N) is 1. The molecule has 1 saturated heterocycles. The molecule has 1 N–H and O–H groups in total. The number of piperidine rings is 1. The zero-order chi connectivity index (χ0) is 14.7. The van der Waals surface area contributed by atoms with Crippen molar-refractivity contribution in [2.24, 2.45) is 0 Å². The van der Waals surface area contributed by atoms with Crippen LogP contribution in [0.4, 0.5) is 11.5 Å². The van der Waals surface area contributed by atoms with Crippen molar-refractivity contribution in [2.45, 2.75) is 18.9 Å². The van der Waals surface area contributed by atoms with Gasteiger partial charge in [0.2, 0.25) is 5.91 Å². The molecule has 104 valence electrons. The molecule has 1 atom stereocenters. The highest BCUT2D eigenvalue weighted by atomic mass is 16.6. The maximum absolute atomic E-state index is 11.4. The minimum absolute atomic E-state index is 0.0150. The van der Waals surface area contributed by atoms with Gasteiger partial charge < -0.3 is 10.2 Å². The second-order valence-electron chi connectivity index (χ2n) is 4.61. The molecule has 1 amide bonds. The van der Waals surface area contributed by atoms with E-state index in [1.165, 1.54) is 6.07 Å². The number of aromatic nitrogens is 1. The standard InChI is InChI=1S/C12H13N5O3/c1-16-7-9(2-3-11(16)18)15-12-8(5-13)4-10(6-14-12)17(19)20/h4,6,9H,2-3,7H2,1H3,(H,14,15). The number of nitriles is 1. The Morgan fingerprint density at radius 1 is 1.65 bits per heavy atom. The van der Waals surface area contributed by atoms with Crippen LogP contribution in [0.1, 0.15) is 18.4 Å². The molecule has 0 bridgehead atoms. The third-order valence-electron chi connectivity index (χ3n) is 3.17. The molecule has 1 fully saturated rings. The summed E-state index contributed by atoms with van der Waals surface area (Å²) in [6.45, 7) is 0.516. The molecule has 1 aliphatic rings. The van der Waals surface area contributed by atoms with Crippen LogP contribution in [0, 0.1) is 21.4 Å². The minimum atomic E-state index is -0.593. The molecule has 1 aromatic heterocycles. The van der Waals surface area contributed by atoms with Crippen LogP contribution in [0.25, 0.3) is 0 Å². The Hall–Kier alpha value is -2.69. The van der Waals surface area contributed by atoms with Crippen LogP contribution in [0.3, 0.4) is 0 Å². The lowest BCUT2D eigenvalue weighted by Gasteiger charge is -2.30. The lowest BCUT2D eigenvalue weighted by Crippen LogP contribution is -2.43. The largest absolute Gasteiger partial charge is 0.364 e. The summed E-state index contributed by atoms with van der Waals surface area (Å²) < 4.78 is 0. The quantitative estimate of drug-likeness (QED) is 0.647. The number of rotatable bonds is 3. The fourth-order valence-corrected chi connectivity index (χ4v) is 2.08. The Morgan fingerprint density at radius 2 is 2.40 bits per heavy atom. The Balaban J connectivity index is 2.16. The number of carbonyl (C=O) groups is 1. The van der Waals surface area contributed by atoms with Gasteiger partial charge in [0.1, 0.15) is 23.6 Å². The van der Waals surface area contributed by atoms with Crippen molar-refractivity contribution < 1.29 is 9.72 Å². The van der Waals surface area contributed by atoms with Crippen molar-refractivity contribution in [1.82, 2.24) is 9.88 Å². The number of amides is 1. The predicted octanol–water partition coefficient (Wildman–Crippen LogP) is 0.894. The first-order valence-corrected chi connectivity index (χ1v) is 6.06. The molecule has 8 nitrogen and oxygen atoms in total. The lowest BCUT2D eigenvalue weighted by atomic mass is 10.1. The van der Waals surface area contributed by atoms with Gasteiger partial charge in [0.15, 0.2) is 0 Å². The van der Waals surface area contributed by atoms with E-state index in [0.29, 0.717) is 25.2 Å². The molecule has 2 heterocycles. The van der Waals surface area contributed by atoms with E-state index >= 15 is 0 Å². The predicted molar refractivity (Wildman–Crippen MR) is 69.9 cm³/mol. The molecule has 8 heteroatoms. The van der Waals surface area contributed by atoms with E-state index in [9.17, 15) is 14.9 Å². The summed E-state index contributed by atoms with van der Waals surface area (Å²) in [7, 11) is 1.71. The number of anilines is 1. The third-order valence-corrected chi connectivity index (χ3v) is 3.17. The summed E-state index contributed by atoms with van der Waals surface area (Å²) in [5.41, 5.74) is -0.0956. The Labute approximate surface area is 115 Å². The SMILES string of the molecule is CN1CC(Nc2ncc([N+](=O)[O-])cc2C#N)CCC1=O. The summed E-state index contributed by atoms with van der Waals surface area (Å²) in [6.07, 6.45) is 2.19. The molecule has 1 aliphatic heterocycles. The van der Waals surface area contributed by atoms with E-state index in [-0.39, 0.29) is 23.2 Å². The molecule has 0 aliphatic carbocycles. The van der Waals surface area contributed by atoms with Crippen LogP contribution in [-0.2, 0) is 4.79 Å². The van der Waals surface area contributed by atoms with Crippen LogP contribution in [0.15, 0.2) is 12.3 Å². The Bertz CT molecular complexity index is 595. The van der Waals surface area contributed by atoms with Gasteiger partial charge in [-0.2, -0.15) is 5.26 Å². The summed E-state index contributed by atoms with van der Waals surface area (Å²) in [5.74, 6) is 0.395. The Morgan fingerprint density at radius 3 is 3.00 bits per heavy atom. The Kier molecular flexibility index (Phi) is 3.79. The van der Waals surface area contributed by atoms with Gasteiger partial charge in [-0.15, -0.1) is 0 Å². The summed E-state index contributed by atoms with van der Waals surface area (Å²) in [4.78, 5) is 27.0. The highest BCUT2D eigenvalue weighted by Gasteiger charge is 2.24. The van der Waals surface area contributed by atoms with E-state index in [1.54, 1.807) is 11.9 Å². The summed E-state index contributed by atoms with van der Waals surface area (Å²) in [6, 6.07) is 3.06. The summed E-state index contributed by atoms with van der Waals surface area (Å²) in [5, 5.41) is 22.7. The van der Waals surface area contributed by atoms with E-state index in [4.69, 9.17) is 5.26 Å². The maximum Gasteiger partial charge on any atom is 0.289 e. The van der Waals surface area contributed by atoms with Crippen LogP contribution in [-0.4, -0.2) is 40.3 Å². The number of nitro groups is 1. The lowest BCUT2D eigenvalue weighted by molar-refractivity contribution is -0.385. The molecule has 20 heavy (non-hydrogen) atoms. The highest BCUT2D eigenvalue weighted by Crippen LogP contribution is 2.21. The van der Waals surface area contributed by atoms with Crippen LogP contribution in [0.5, 0.6) is 0 Å². The number of carbonyl (C=O) groups excluding carboxylic acids is 1. The van der Waals surface area contributed by atoms with Gasteiger partial charge in [0.25, 0.3) is 5.69 Å². The zero-order valence-corrected chi connectivity index (χ0v) is 10.9. The van der Waals surface area contributed by atoms with Crippen molar-refractivity contribution in [3.05, 3.63) is 27.9 Å². The molecule has 1 aromatic rings. The third kappa shape index (κ3) is 2.83. The van der Waals surface area contributed by atoms with Gasteiger partial charge in [0.05, 0.1) is 4.92 Å². The van der Waals surface area contributed by atoms with Crippen molar-refractivity contribution in [3.8, 4) is 6.07 Å². The first-order chi connectivity index (χ1) is 9.51. The molecule has 1 unspecified atom stereocenters. The van der Waals surface area contributed by atoms with Crippen molar-refractivity contribution in [1.29, 1.82) is 5.26 Å². The first-order valence-electron chi connectivity index (χ1n) is 6.06. The minimum Gasteiger partial charge on any atom is -0.364 e. The van der Waals surface area contributed by atoms with Crippen LogP contribution in [0.2, 0.25) is 0 Å². The monoisotopic (exact) mass is 275 g/mol. The van der Waals surface area contributed by atoms with Crippen LogP contribution >= 0.6 is 0 Å². The summed E-state index contributed by atoms with van der Waals surface area (Å²) >= 11 is 0. The van der Waals surface area contributed by atoms with Crippen molar-refractivity contribution in [3.63, 3.8) is 0 Å². The first kappa shape index (κ1) is 13.7. The number of likely N-dealkylation sites (tertiary alicyclic amines) is 1. The topological polar surface area (TPSA) is 112 Å². The molecule has 0 aromatic carbocycles. The van der Waals surface area contributed by atoms with Gasteiger partial charge in [-0.1, -0.05) is 0 Å². The van der Waals surface area contributed by atoms with Gasteiger partial charge in [0, 0.05) is 32.1 Å². The average Bonchev–Trinajstić information content (AvgIpc) is 2.43. The molecule has 0 spiro atoms. The van der Waals surface area contributed by atoms with E-state index in [0.717, 1.165) is 6.20 Å². The normalized spacial score (nSPS) is 18.5. The molecule has 0 saturated carbocycles. The average molecular weight is 275 g/mol. The molecular formula is C12H13N5O3. The molecular weight excluding hydrogens is 262 g/mol. The van der Waals surface area contributed by atoms with E-state index in [2.05, 4.69) is 10.3 Å². The smallest absolute Gasteiger partial charge is 0.289 e. The fraction of sp³-hybridized carbons (Fsp3) is 0.417. The second-order valence-corrected chi connectivity index (χ2v) is 4.61. The number of pyridine rings is 1. The van der Waals surface area contributed by atoms with E-state index < -0.39 is 4.92 Å². The van der Waals surface area contributed by atoms with Gasteiger partial charge >= 0.3 is 0 Å². The van der Waals surface area contributed by atoms with Crippen molar-refractivity contribution in [2.75, 3.05) is 18.9 Å². The van der Waals surface area contributed by atoms with Gasteiger partial charge in [-0.05, 0) is 6.42 Å². The van der Waals surface area contributed by atoms with E-state index in [1.807, 2.05) is 6.07 Å². The second kappa shape index (κ2) is 5.52. The van der Waals surface area contributed by atoms with Gasteiger partial charge in [-0.3, -0.25) is 14.9 Å². The van der Waals surface area contributed by atoms with Crippen molar-refractivity contribution >= 4 is 17.4 Å². The highest BCUT2D eigenvalue weighted by molar-refractivity contribution is 5.77. The van der Waals surface area contributed by atoms with Gasteiger partial charge in [-0.25, -0.2) is 4.98 Å². The number of hydrogen-bond acceptors (Lipinski definition) is 6. The number of hydrogen-bond donors (Lipinski definition) is 1. The fourth-order valence-electron chi connectivity index (χ4n) is 2.08. The number of nitrogens with zero attached hydrogens (tertiary/aromatic N) is 4. The van der Waals surface area contributed by atoms with Crippen LogP contribution < -0.4 is 5.32 Å². The molecule has 0 radical (unpaired) electrons.